The number of carbonyl (C=O) groups is 2. The van der Waals surface area contributed by atoms with Gasteiger partial charge in [0.05, 0.1) is 12.8 Å². The van der Waals surface area contributed by atoms with Crippen LogP contribution in [0.2, 0.25) is 0 Å². The molecule has 0 spiro atoms. The maximum atomic E-state index is 14.5. The van der Waals surface area contributed by atoms with E-state index in [2.05, 4.69) is 23.5 Å². The van der Waals surface area contributed by atoms with Gasteiger partial charge in [-0.1, -0.05) is 51.0 Å². The second-order valence-electron chi connectivity index (χ2n) is 10.9. The molecule has 1 heterocycles. The van der Waals surface area contributed by atoms with Crippen molar-refractivity contribution in [1.82, 2.24) is 9.69 Å². The van der Waals surface area contributed by atoms with Crippen LogP contribution in [0.4, 0.5) is 15.8 Å². The summed E-state index contributed by atoms with van der Waals surface area (Å²) in [6.07, 6.45) is 3.92. The molecule has 1 saturated carbocycles. The molecule has 1 unspecified atom stereocenters. The number of halogens is 1. The second-order valence-corrected chi connectivity index (χ2v) is 11.6. The highest BCUT2D eigenvalue weighted by Crippen LogP contribution is 2.37. The number of hydrogen-bond acceptors (Lipinski definition) is 6. The zero-order valence-electron chi connectivity index (χ0n) is 24.0. The molecule has 1 aliphatic rings. The lowest BCUT2D eigenvalue weighted by Gasteiger charge is -2.32. The van der Waals surface area contributed by atoms with Gasteiger partial charge in [0.15, 0.2) is 0 Å². The van der Waals surface area contributed by atoms with E-state index in [1.165, 1.54) is 17.0 Å². The van der Waals surface area contributed by atoms with E-state index in [0.29, 0.717) is 34.2 Å². The highest BCUT2D eigenvalue weighted by molar-refractivity contribution is 7.09. The van der Waals surface area contributed by atoms with Crippen molar-refractivity contribution in [2.75, 3.05) is 17.7 Å². The normalized spacial score (nSPS) is 14.1. The quantitative estimate of drug-likeness (QED) is 0.218. The molecule has 4 aromatic rings. The molecule has 0 radical (unpaired) electrons. The molecule has 0 saturated heterocycles. The lowest BCUT2D eigenvalue weighted by molar-refractivity contribution is -0.123. The standard InChI is InChI=1S/C33H35FN4O3S/c1-20(2)21-10-16-26(17-11-21)38(33(40)31-28(35)29(37-42-31)22-8-14-24(34)15-9-22)30(23-12-18-27(41-3)19-13-23)32(39)36-25-6-4-5-7-25/h8-20,25,30H,4-7,35H2,1-3H3,(H,36,39). The summed E-state index contributed by atoms with van der Waals surface area (Å²) < 4.78 is 23.4. The molecule has 1 atom stereocenters. The number of methoxy groups -OCH3 is 1. The van der Waals surface area contributed by atoms with Gasteiger partial charge < -0.3 is 15.8 Å². The third kappa shape index (κ3) is 6.16. The molecule has 0 bridgehead atoms. The van der Waals surface area contributed by atoms with Gasteiger partial charge >= 0.3 is 0 Å². The van der Waals surface area contributed by atoms with Crippen molar-refractivity contribution in [2.24, 2.45) is 0 Å². The van der Waals surface area contributed by atoms with Gasteiger partial charge in [0.2, 0.25) is 5.91 Å². The Morgan fingerprint density at radius 2 is 1.60 bits per heavy atom. The van der Waals surface area contributed by atoms with Crippen LogP contribution < -0.4 is 20.7 Å². The van der Waals surface area contributed by atoms with Crippen LogP contribution >= 0.6 is 11.5 Å². The minimum Gasteiger partial charge on any atom is -0.497 e. The van der Waals surface area contributed by atoms with Crippen molar-refractivity contribution < 1.29 is 18.7 Å². The molecule has 42 heavy (non-hydrogen) atoms. The maximum absolute atomic E-state index is 14.5. The Kier molecular flexibility index (Phi) is 8.87. The highest BCUT2D eigenvalue weighted by Gasteiger charge is 2.37. The molecule has 1 aromatic heterocycles. The summed E-state index contributed by atoms with van der Waals surface area (Å²) in [7, 11) is 1.58. The Morgan fingerprint density at radius 1 is 0.976 bits per heavy atom. The summed E-state index contributed by atoms with van der Waals surface area (Å²) in [5.41, 5.74) is 10.0. The largest absolute Gasteiger partial charge is 0.497 e. The van der Waals surface area contributed by atoms with Crippen molar-refractivity contribution in [3.63, 3.8) is 0 Å². The second kappa shape index (κ2) is 12.7. The van der Waals surface area contributed by atoms with Crippen LogP contribution in [-0.4, -0.2) is 29.3 Å². The number of benzene rings is 3. The van der Waals surface area contributed by atoms with Gasteiger partial charge in [0, 0.05) is 17.3 Å². The first-order chi connectivity index (χ1) is 20.3. The van der Waals surface area contributed by atoms with Crippen LogP contribution in [0.3, 0.4) is 0 Å². The predicted molar refractivity (Wildman–Crippen MR) is 165 cm³/mol. The van der Waals surface area contributed by atoms with Gasteiger partial charge in [-0.3, -0.25) is 14.5 Å². The van der Waals surface area contributed by atoms with Gasteiger partial charge in [-0.25, -0.2) is 4.39 Å². The van der Waals surface area contributed by atoms with E-state index in [1.807, 2.05) is 24.3 Å². The fraction of sp³-hybridized carbons (Fsp3) is 0.303. The summed E-state index contributed by atoms with van der Waals surface area (Å²) in [6.45, 7) is 4.20. The number of ether oxygens (including phenoxy) is 1. The molecule has 3 N–H and O–H groups in total. The summed E-state index contributed by atoms with van der Waals surface area (Å²) in [6, 6.07) is 19.7. The maximum Gasteiger partial charge on any atom is 0.273 e. The van der Waals surface area contributed by atoms with E-state index >= 15 is 0 Å². The van der Waals surface area contributed by atoms with Crippen LogP contribution in [-0.2, 0) is 4.79 Å². The number of nitrogens with two attached hydrogens (primary N) is 1. The first-order valence-electron chi connectivity index (χ1n) is 14.2. The van der Waals surface area contributed by atoms with Gasteiger partial charge in [-0.05, 0) is 89.9 Å². The van der Waals surface area contributed by atoms with Crippen LogP contribution in [0, 0.1) is 5.82 Å². The molecule has 0 aliphatic heterocycles. The fourth-order valence-corrected chi connectivity index (χ4v) is 6.09. The van der Waals surface area contributed by atoms with Crippen molar-refractivity contribution in [3.05, 3.63) is 94.6 Å². The van der Waals surface area contributed by atoms with Crippen molar-refractivity contribution >= 4 is 34.7 Å². The lowest BCUT2D eigenvalue weighted by Crippen LogP contribution is -2.46. The van der Waals surface area contributed by atoms with E-state index in [4.69, 9.17) is 10.5 Å². The van der Waals surface area contributed by atoms with Crippen LogP contribution in [0.5, 0.6) is 5.75 Å². The molecule has 9 heteroatoms. The predicted octanol–water partition coefficient (Wildman–Crippen LogP) is 7.11. The third-order valence-electron chi connectivity index (χ3n) is 7.74. The molecule has 7 nitrogen and oxygen atoms in total. The van der Waals surface area contributed by atoms with Gasteiger partial charge in [-0.15, -0.1) is 0 Å². The lowest BCUT2D eigenvalue weighted by atomic mass is 9.99. The smallest absolute Gasteiger partial charge is 0.273 e. The first kappa shape index (κ1) is 29.3. The Balaban J connectivity index is 1.62. The van der Waals surface area contributed by atoms with E-state index < -0.39 is 11.9 Å². The monoisotopic (exact) mass is 586 g/mol. The Bertz CT molecular complexity index is 1530. The summed E-state index contributed by atoms with van der Waals surface area (Å²) in [5, 5.41) is 3.20. The number of nitrogens with one attached hydrogen (secondary N) is 1. The molecule has 2 amide bonds. The number of nitrogen functional groups attached to an aromatic ring is 1. The average Bonchev–Trinajstić information content (AvgIpc) is 3.65. The zero-order valence-corrected chi connectivity index (χ0v) is 24.8. The summed E-state index contributed by atoms with van der Waals surface area (Å²) in [4.78, 5) is 30.3. The van der Waals surface area contributed by atoms with Crippen molar-refractivity contribution in [3.8, 4) is 17.0 Å². The molecular weight excluding hydrogens is 551 g/mol. The van der Waals surface area contributed by atoms with Crippen molar-refractivity contribution in [2.45, 2.75) is 57.5 Å². The topological polar surface area (TPSA) is 97.5 Å². The Hall–Kier alpha value is -4.24. The number of anilines is 2. The molecule has 218 valence electrons. The Morgan fingerprint density at radius 3 is 2.19 bits per heavy atom. The SMILES string of the molecule is COc1ccc(C(C(=O)NC2CCCC2)N(C(=O)c2snc(-c3ccc(F)cc3)c2N)c2ccc(C(C)C)cc2)cc1. The Labute approximate surface area is 249 Å². The summed E-state index contributed by atoms with van der Waals surface area (Å²) >= 11 is 0.966. The minimum absolute atomic E-state index is 0.0528. The average molecular weight is 587 g/mol. The van der Waals surface area contributed by atoms with Crippen LogP contribution in [0.25, 0.3) is 11.3 Å². The van der Waals surface area contributed by atoms with Crippen LogP contribution in [0.1, 0.15) is 72.3 Å². The summed E-state index contributed by atoms with van der Waals surface area (Å²) in [5.74, 6) is -0.158. The van der Waals surface area contributed by atoms with Gasteiger partial charge in [0.1, 0.15) is 28.2 Å². The number of amides is 2. The van der Waals surface area contributed by atoms with E-state index in [9.17, 15) is 14.0 Å². The first-order valence-corrected chi connectivity index (χ1v) is 14.9. The molecular formula is C33H35FN4O3S. The molecule has 3 aromatic carbocycles. The van der Waals surface area contributed by atoms with Crippen LogP contribution in [0.15, 0.2) is 72.8 Å². The van der Waals surface area contributed by atoms with E-state index in [0.717, 1.165) is 42.8 Å². The van der Waals surface area contributed by atoms with E-state index in [1.54, 1.807) is 43.5 Å². The number of carbonyl (C=O) groups excluding carboxylic acids is 2. The van der Waals surface area contributed by atoms with Gasteiger partial charge in [-0.2, -0.15) is 4.37 Å². The highest BCUT2D eigenvalue weighted by atomic mass is 32.1. The molecule has 1 aliphatic carbocycles. The molecule has 5 rings (SSSR count). The van der Waals surface area contributed by atoms with Gasteiger partial charge in [0.25, 0.3) is 5.91 Å². The van der Waals surface area contributed by atoms with E-state index in [-0.39, 0.29) is 28.3 Å². The zero-order chi connectivity index (χ0) is 29.8. The molecule has 1 fully saturated rings. The van der Waals surface area contributed by atoms with Crippen molar-refractivity contribution in [1.29, 1.82) is 0 Å². The third-order valence-corrected chi connectivity index (χ3v) is 8.59. The number of aromatic nitrogens is 1. The number of hydrogen-bond donors (Lipinski definition) is 2. The number of nitrogens with zero attached hydrogens (tertiary/aromatic N) is 2. The number of rotatable bonds is 9. The minimum atomic E-state index is -0.982. The fourth-order valence-electron chi connectivity index (χ4n) is 5.33.